The molecule has 31 heavy (non-hydrogen) atoms. The summed E-state index contributed by atoms with van der Waals surface area (Å²) in [5, 5.41) is 17.7. The van der Waals surface area contributed by atoms with E-state index in [1.54, 1.807) is 0 Å². The summed E-state index contributed by atoms with van der Waals surface area (Å²) in [6.07, 6.45) is 24.9. The molecule has 1 aromatic heterocycles. The van der Waals surface area contributed by atoms with E-state index in [-0.39, 0.29) is 5.91 Å². The maximum Gasteiger partial charge on any atom is 0.224 e. The van der Waals surface area contributed by atoms with E-state index in [1.165, 1.54) is 89.9 Å². The molecule has 7 nitrogen and oxygen atoms in total. The lowest BCUT2D eigenvalue weighted by atomic mass is 10.0. The van der Waals surface area contributed by atoms with Crippen LogP contribution in [0.1, 0.15) is 110 Å². The normalized spacial score (nSPS) is 10.2. The van der Waals surface area contributed by atoms with Crippen molar-refractivity contribution in [1.82, 2.24) is 5.32 Å². The van der Waals surface area contributed by atoms with Gasteiger partial charge in [-0.25, -0.2) is 0 Å². The predicted molar refractivity (Wildman–Crippen MR) is 125 cm³/mol. The second-order valence-corrected chi connectivity index (χ2v) is 8.07. The maximum atomic E-state index is 11.8. The Bertz CT molecular complexity index is 537. The summed E-state index contributed by atoms with van der Waals surface area (Å²) in [5.41, 5.74) is 0. The van der Waals surface area contributed by atoms with Gasteiger partial charge < -0.3 is 20.6 Å². The minimum atomic E-state index is -1.75. The first-order chi connectivity index (χ1) is 15.1. The molecule has 178 valence electrons. The molecule has 0 atom stereocenters. The standard InChI is InChI=1S/C24H42N2O.NO3/c1-2-3-4-5-6-7-8-9-10-11-12-13-14-15-17-20-24(27)25-23-26-21-18-16-19-22-26;2-1(3)4/h16,18-19,21-22H,2-15,17,20,23H2,1H3;/q;-1/p+1. The molecule has 0 aliphatic rings. The van der Waals surface area contributed by atoms with Crippen molar-refractivity contribution >= 4 is 5.91 Å². The van der Waals surface area contributed by atoms with E-state index in [2.05, 4.69) is 12.2 Å². The molecule has 0 saturated carbocycles. The SMILES string of the molecule is CCCCCCCCCCCCCCCCCC(=O)NC[n+]1ccccc1.O=[N+]([O-])[O-]. The van der Waals surface area contributed by atoms with Crippen LogP contribution in [0.4, 0.5) is 0 Å². The van der Waals surface area contributed by atoms with Crippen LogP contribution in [0, 0.1) is 15.3 Å². The van der Waals surface area contributed by atoms with Gasteiger partial charge in [0.25, 0.3) is 0 Å². The molecule has 1 amide bonds. The second kappa shape index (κ2) is 22.5. The third-order valence-corrected chi connectivity index (χ3v) is 5.24. The fraction of sp³-hybridized carbons (Fsp3) is 0.750. The van der Waals surface area contributed by atoms with Crippen LogP contribution in [0.15, 0.2) is 30.6 Å². The monoisotopic (exact) mass is 437 g/mol. The average Bonchev–Trinajstić information content (AvgIpc) is 2.75. The van der Waals surface area contributed by atoms with Gasteiger partial charge in [-0.2, -0.15) is 4.57 Å². The van der Waals surface area contributed by atoms with Gasteiger partial charge in [0.1, 0.15) is 0 Å². The van der Waals surface area contributed by atoms with E-state index in [4.69, 9.17) is 15.3 Å². The number of nitrogens with one attached hydrogen (secondary N) is 1. The molecule has 0 aromatic carbocycles. The average molecular weight is 438 g/mol. The zero-order valence-electron chi connectivity index (χ0n) is 19.4. The summed E-state index contributed by atoms with van der Waals surface area (Å²) in [7, 11) is 0. The lowest BCUT2D eigenvalue weighted by molar-refractivity contribution is -0.700. The van der Waals surface area contributed by atoms with Crippen LogP contribution in [0.5, 0.6) is 0 Å². The summed E-state index contributed by atoms with van der Waals surface area (Å²) in [4.78, 5) is 20.1. The van der Waals surface area contributed by atoms with Gasteiger partial charge in [0.2, 0.25) is 12.6 Å². The van der Waals surface area contributed by atoms with Crippen molar-refractivity contribution < 1.29 is 14.4 Å². The van der Waals surface area contributed by atoms with Crippen LogP contribution in [0.2, 0.25) is 0 Å². The van der Waals surface area contributed by atoms with Gasteiger partial charge in [0, 0.05) is 18.6 Å². The number of hydrogen-bond donors (Lipinski definition) is 1. The predicted octanol–water partition coefficient (Wildman–Crippen LogP) is 6.07. The Kier molecular flexibility index (Phi) is 20.9. The van der Waals surface area contributed by atoms with Crippen LogP contribution in [-0.4, -0.2) is 11.0 Å². The van der Waals surface area contributed by atoms with E-state index in [1.807, 2.05) is 35.2 Å². The minimum absolute atomic E-state index is 0.168. The highest BCUT2D eigenvalue weighted by Gasteiger charge is 2.03. The van der Waals surface area contributed by atoms with Crippen molar-refractivity contribution in [3.05, 3.63) is 45.9 Å². The molecule has 0 aliphatic heterocycles. The molecule has 1 aromatic rings. The highest BCUT2D eigenvalue weighted by atomic mass is 16.9. The molecule has 0 spiro atoms. The van der Waals surface area contributed by atoms with Crippen molar-refractivity contribution in [1.29, 1.82) is 0 Å². The number of pyridine rings is 1. The number of amides is 1. The fourth-order valence-electron chi connectivity index (χ4n) is 3.46. The molecule has 0 radical (unpaired) electrons. The molecule has 7 heteroatoms. The Labute approximate surface area is 188 Å². The van der Waals surface area contributed by atoms with Crippen molar-refractivity contribution in [2.45, 2.75) is 116 Å². The highest BCUT2D eigenvalue weighted by Crippen LogP contribution is 2.13. The fourth-order valence-corrected chi connectivity index (χ4v) is 3.46. The largest absolute Gasteiger partial charge is 0.356 e. The molecule has 0 saturated heterocycles. The summed E-state index contributed by atoms with van der Waals surface area (Å²) in [6.45, 7) is 2.85. The summed E-state index contributed by atoms with van der Waals surface area (Å²) >= 11 is 0. The van der Waals surface area contributed by atoms with Gasteiger partial charge in [-0.3, -0.25) is 4.79 Å². The first kappa shape index (κ1) is 28.8. The molecule has 0 fully saturated rings. The number of carbonyl (C=O) groups is 1. The first-order valence-electron chi connectivity index (χ1n) is 12.1. The topological polar surface area (TPSA) is 99.2 Å². The van der Waals surface area contributed by atoms with Crippen molar-refractivity contribution in [3.63, 3.8) is 0 Å². The lowest BCUT2D eigenvalue weighted by Crippen LogP contribution is -2.42. The quantitative estimate of drug-likeness (QED) is 0.130. The molecule has 0 unspecified atom stereocenters. The van der Waals surface area contributed by atoms with Crippen LogP contribution < -0.4 is 9.88 Å². The Balaban J connectivity index is 0.00000206. The third-order valence-electron chi connectivity index (χ3n) is 5.24. The van der Waals surface area contributed by atoms with E-state index in [9.17, 15) is 4.79 Å². The number of unbranched alkanes of at least 4 members (excludes halogenated alkanes) is 14. The molecule has 0 bridgehead atoms. The number of aromatic nitrogens is 1. The van der Waals surface area contributed by atoms with Gasteiger partial charge in [0.15, 0.2) is 12.4 Å². The molecule has 0 aliphatic carbocycles. The van der Waals surface area contributed by atoms with Crippen LogP contribution in [0.3, 0.4) is 0 Å². The number of rotatable bonds is 18. The Hall–Kier alpha value is -2.18. The van der Waals surface area contributed by atoms with E-state index >= 15 is 0 Å². The molecule has 1 rings (SSSR count). The Morgan fingerprint density at radius 3 is 1.55 bits per heavy atom. The van der Waals surface area contributed by atoms with Crippen molar-refractivity contribution in [2.24, 2.45) is 0 Å². The minimum Gasteiger partial charge on any atom is -0.356 e. The van der Waals surface area contributed by atoms with Crippen LogP contribution in [0.25, 0.3) is 0 Å². The van der Waals surface area contributed by atoms with Gasteiger partial charge in [-0.15, -0.1) is 0 Å². The van der Waals surface area contributed by atoms with Crippen molar-refractivity contribution in [3.8, 4) is 0 Å². The zero-order chi connectivity index (χ0) is 23.0. The maximum absolute atomic E-state index is 11.8. The second-order valence-electron chi connectivity index (χ2n) is 8.07. The summed E-state index contributed by atoms with van der Waals surface area (Å²) < 4.78 is 1.98. The van der Waals surface area contributed by atoms with Gasteiger partial charge in [-0.05, 0) is 6.42 Å². The Morgan fingerprint density at radius 1 is 0.742 bits per heavy atom. The number of carbonyl (C=O) groups excluding carboxylic acids is 1. The molecule has 1 N–H and O–H groups in total. The molecular formula is C24H43N3O4. The molecular weight excluding hydrogens is 394 g/mol. The van der Waals surface area contributed by atoms with Gasteiger partial charge in [0.05, 0.1) is 5.09 Å². The van der Waals surface area contributed by atoms with E-state index < -0.39 is 5.09 Å². The lowest BCUT2D eigenvalue weighted by Gasteiger charge is -2.04. The van der Waals surface area contributed by atoms with Crippen molar-refractivity contribution in [2.75, 3.05) is 0 Å². The highest BCUT2D eigenvalue weighted by molar-refractivity contribution is 5.75. The van der Waals surface area contributed by atoms with E-state index in [0.717, 1.165) is 6.42 Å². The third kappa shape index (κ3) is 24.0. The van der Waals surface area contributed by atoms with Crippen LogP contribution >= 0.6 is 0 Å². The molecule has 1 heterocycles. The van der Waals surface area contributed by atoms with Gasteiger partial charge in [-0.1, -0.05) is 103 Å². The zero-order valence-corrected chi connectivity index (χ0v) is 19.4. The number of hydrogen-bond acceptors (Lipinski definition) is 4. The smallest absolute Gasteiger partial charge is 0.224 e. The van der Waals surface area contributed by atoms with E-state index in [0.29, 0.717) is 13.1 Å². The summed E-state index contributed by atoms with van der Waals surface area (Å²) in [5.74, 6) is 0.168. The van der Waals surface area contributed by atoms with Crippen LogP contribution in [-0.2, 0) is 11.5 Å². The first-order valence-corrected chi connectivity index (χ1v) is 12.1. The summed E-state index contributed by atoms with van der Waals surface area (Å²) in [6, 6.07) is 5.93. The number of nitrogens with zero attached hydrogens (tertiary/aromatic N) is 2. The Morgan fingerprint density at radius 2 is 1.13 bits per heavy atom. The van der Waals surface area contributed by atoms with Gasteiger partial charge >= 0.3 is 0 Å².